The van der Waals surface area contributed by atoms with Crippen molar-refractivity contribution < 1.29 is 14.1 Å². The summed E-state index contributed by atoms with van der Waals surface area (Å²) in [6.45, 7) is 7.04. The molecule has 0 aromatic carbocycles. The lowest BCUT2D eigenvalue weighted by Gasteiger charge is -2.40. The zero-order valence-electron chi connectivity index (χ0n) is 15.6. The second-order valence-corrected chi connectivity index (χ2v) is 7.47. The van der Waals surface area contributed by atoms with E-state index in [-0.39, 0.29) is 17.9 Å². The molecule has 1 aromatic rings. The number of nitrogens with one attached hydrogen (secondary N) is 1. The lowest BCUT2D eigenvalue weighted by Crippen LogP contribution is -2.48. The van der Waals surface area contributed by atoms with Gasteiger partial charge in [0.2, 0.25) is 11.7 Å². The van der Waals surface area contributed by atoms with Gasteiger partial charge in [0.25, 0.3) is 5.91 Å². The second-order valence-electron chi connectivity index (χ2n) is 7.47. The number of fused-ring (bicyclic) bond motifs is 1. The standard InChI is InChI=1S/C20H29N3O3/c1-3-18(24)21-12-6-11-17-14(2)8-7-13-23(17)20(25)19-15-9-4-5-10-16(15)22-26-19/h3,14,17H,1,4-13H2,2H3,(H,21,24). The van der Waals surface area contributed by atoms with Crippen LogP contribution in [0, 0.1) is 5.92 Å². The number of carbonyl (C=O) groups excluding carboxylic acids is 2. The summed E-state index contributed by atoms with van der Waals surface area (Å²) in [7, 11) is 0. The van der Waals surface area contributed by atoms with Crippen LogP contribution >= 0.6 is 0 Å². The van der Waals surface area contributed by atoms with E-state index < -0.39 is 0 Å². The zero-order chi connectivity index (χ0) is 18.5. The van der Waals surface area contributed by atoms with Gasteiger partial charge >= 0.3 is 0 Å². The summed E-state index contributed by atoms with van der Waals surface area (Å²) in [5, 5.41) is 6.95. The maximum Gasteiger partial charge on any atom is 0.293 e. The summed E-state index contributed by atoms with van der Waals surface area (Å²) in [5.74, 6) is 0.746. The molecule has 0 radical (unpaired) electrons. The first kappa shape index (κ1) is 18.7. The Kier molecular flexibility index (Phi) is 6.12. The van der Waals surface area contributed by atoms with Crippen molar-refractivity contribution in [1.29, 1.82) is 0 Å². The van der Waals surface area contributed by atoms with E-state index in [0.29, 0.717) is 18.2 Å². The minimum atomic E-state index is -0.150. The molecule has 2 heterocycles. The van der Waals surface area contributed by atoms with Crippen LogP contribution in [0.1, 0.15) is 67.3 Å². The maximum absolute atomic E-state index is 13.2. The zero-order valence-corrected chi connectivity index (χ0v) is 15.6. The average molecular weight is 359 g/mol. The van der Waals surface area contributed by atoms with E-state index in [4.69, 9.17) is 4.52 Å². The Hall–Kier alpha value is -2.11. The minimum absolute atomic E-state index is 0.00710. The number of rotatable bonds is 6. The lowest BCUT2D eigenvalue weighted by molar-refractivity contribution is -0.116. The van der Waals surface area contributed by atoms with Crippen molar-refractivity contribution in [1.82, 2.24) is 15.4 Å². The fraction of sp³-hybridized carbons (Fsp3) is 0.650. The van der Waals surface area contributed by atoms with Crippen molar-refractivity contribution in [3.8, 4) is 0 Å². The molecule has 2 amide bonds. The molecule has 6 heteroatoms. The molecule has 0 bridgehead atoms. The van der Waals surface area contributed by atoms with Crippen LogP contribution < -0.4 is 5.32 Å². The van der Waals surface area contributed by atoms with Crippen LogP contribution in [0.4, 0.5) is 0 Å². The lowest BCUT2D eigenvalue weighted by atomic mass is 9.87. The van der Waals surface area contributed by atoms with E-state index in [2.05, 4.69) is 24.0 Å². The molecule has 26 heavy (non-hydrogen) atoms. The van der Waals surface area contributed by atoms with Gasteiger partial charge in [-0.2, -0.15) is 0 Å². The van der Waals surface area contributed by atoms with Crippen LogP contribution in [0.2, 0.25) is 0 Å². The van der Waals surface area contributed by atoms with Gasteiger partial charge in [-0.3, -0.25) is 9.59 Å². The van der Waals surface area contributed by atoms with Gasteiger partial charge in [-0.25, -0.2) is 0 Å². The van der Waals surface area contributed by atoms with Gasteiger partial charge in [0.1, 0.15) is 0 Å². The number of likely N-dealkylation sites (tertiary alicyclic amines) is 1. The quantitative estimate of drug-likeness (QED) is 0.626. The van der Waals surface area contributed by atoms with Crippen molar-refractivity contribution in [3.63, 3.8) is 0 Å². The van der Waals surface area contributed by atoms with E-state index in [1.165, 1.54) is 6.08 Å². The number of hydrogen-bond donors (Lipinski definition) is 1. The minimum Gasteiger partial charge on any atom is -0.353 e. The molecule has 1 aliphatic carbocycles. The number of aryl methyl sites for hydroxylation is 1. The van der Waals surface area contributed by atoms with Crippen molar-refractivity contribution in [3.05, 3.63) is 29.7 Å². The highest BCUT2D eigenvalue weighted by Gasteiger charge is 2.35. The van der Waals surface area contributed by atoms with E-state index >= 15 is 0 Å². The number of carbonyl (C=O) groups is 2. The summed E-state index contributed by atoms with van der Waals surface area (Å²) >= 11 is 0. The first-order valence-corrected chi connectivity index (χ1v) is 9.80. The fourth-order valence-electron chi connectivity index (χ4n) is 4.23. The van der Waals surface area contributed by atoms with Crippen molar-refractivity contribution in [2.75, 3.05) is 13.1 Å². The molecule has 1 saturated heterocycles. The van der Waals surface area contributed by atoms with E-state index in [9.17, 15) is 9.59 Å². The molecule has 1 aromatic heterocycles. The van der Waals surface area contributed by atoms with Gasteiger partial charge in [0.15, 0.2) is 0 Å². The Morgan fingerprint density at radius 1 is 1.35 bits per heavy atom. The van der Waals surface area contributed by atoms with Crippen LogP contribution in [0.25, 0.3) is 0 Å². The molecule has 0 saturated carbocycles. The summed E-state index contributed by atoms with van der Waals surface area (Å²) in [6.07, 6.45) is 9.16. The van der Waals surface area contributed by atoms with Crippen molar-refractivity contribution >= 4 is 11.8 Å². The third kappa shape index (κ3) is 4.00. The van der Waals surface area contributed by atoms with Gasteiger partial charge in [-0.15, -0.1) is 0 Å². The highest BCUT2D eigenvalue weighted by Crippen LogP contribution is 2.30. The molecule has 1 fully saturated rings. The number of hydrogen-bond acceptors (Lipinski definition) is 4. The Morgan fingerprint density at radius 2 is 2.15 bits per heavy atom. The van der Waals surface area contributed by atoms with Gasteiger partial charge in [0, 0.05) is 24.7 Å². The summed E-state index contributed by atoms with van der Waals surface area (Å²) in [6, 6.07) is 0.182. The van der Waals surface area contributed by atoms with Gasteiger partial charge < -0.3 is 14.7 Å². The third-order valence-corrected chi connectivity index (χ3v) is 5.69. The topological polar surface area (TPSA) is 75.4 Å². The Morgan fingerprint density at radius 3 is 2.96 bits per heavy atom. The monoisotopic (exact) mass is 359 g/mol. The Balaban J connectivity index is 1.67. The molecule has 1 N–H and O–H groups in total. The van der Waals surface area contributed by atoms with Crippen molar-refractivity contribution in [2.45, 2.75) is 64.3 Å². The largest absolute Gasteiger partial charge is 0.353 e. The predicted molar refractivity (Wildman–Crippen MR) is 98.8 cm³/mol. The molecule has 2 atom stereocenters. The first-order chi connectivity index (χ1) is 12.6. The highest BCUT2D eigenvalue weighted by atomic mass is 16.5. The molecular formula is C20H29N3O3. The molecule has 2 unspecified atom stereocenters. The number of amides is 2. The SMILES string of the molecule is C=CC(=O)NCCCC1C(C)CCCN1C(=O)c1onc2c1CCCC2. The molecule has 1 aliphatic heterocycles. The summed E-state index contributed by atoms with van der Waals surface area (Å²) in [5.41, 5.74) is 1.99. The number of nitrogens with zero attached hydrogens (tertiary/aromatic N) is 2. The summed E-state index contributed by atoms with van der Waals surface area (Å²) in [4.78, 5) is 26.4. The third-order valence-electron chi connectivity index (χ3n) is 5.69. The maximum atomic E-state index is 13.2. The van der Waals surface area contributed by atoms with E-state index in [0.717, 1.165) is 69.2 Å². The van der Waals surface area contributed by atoms with Crippen LogP contribution in [0.15, 0.2) is 17.2 Å². The second kappa shape index (κ2) is 8.52. The smallest absolute Gasteiger partial charge is 0.293 e. The molecule has 6 nitrogen and oxygen atoms in total. The molecular weight excluding hydrogens is 330 g/mol. The van der Waals surface area contributed by atoms with E-state index in [1.807, 2.05) is 4.90 Å². The normalized spacial score (nSPS) is 22.6. The number of aromatic nitrogens is 1. The first-order valence-electron chi connectivity index (χ1n) is 9.80. The van der Waals surface area contributed by atoms with Crippen LogP contribution in [0.5, 0.6) is 0 Å². The highest BCUT2D eigenvalue weighted by molar-refractivity contribution is 5.93. The molecule has 2 aliphatic rings. The molecule has 0 spiro atoms. The van der Waals surface area contributed by atoms with Crippen LogP contribution in [0.3, 0.4) is 0 Å². The van der Waals surface area contributed by atoms with Crippen LogP contribution in [-0.2, 0) is 17.6 Å². The van der Waals surface area contributed by atoms with E-state index in [1.54, 1.807) is 0 Å². The Labute approximate surface area is 155 Å². The van der Waals surface area contributed by atoms with Crippen molar-refractivity contribution in [2.24, 2.45) is 5.92 Å². The fourth-order valence-corrected chi connectivity index (χ4v) is 4.23. The average Bonchev–Trinajstić information content (AvgIpc) is 3.09. The van der Waals surface area contributed by atoms with Crippen LogP contribution in [-0.4, -0.2) is 41.0 Å². The predicted octanol–water partition coefficient (Wildman–Crippen LogP) is 2.88. The Bertz CT molecular complexity index is 667. The van der Waals surface area contributed by atoms with Gasteiger partial charge in [-0.05, 0) is 63.4 Å². The molecule has 3 rings (SSSR count). The number of piperidine rings is 1. The van der Waals surface area contributed by atoms with Gasteiger partial charge in [-0.1, -0.05) is 18.7 Å². The molecule has 142 valence electrons. The summed E-state index contributed by atoms with van der Waals surface area (Å²) < 4.78 is 5.48. The van der Waals surface area contributed by atoms with Gasteiger partial charge in [0.05, 0.1) is 5.69 Å².